The fraction of sp³-hybridized carbons (Fsp3) is 0.0625. The summed E-state index contributed by atoms with van der Waals surface area (Å²) in [4.78, 5) is 31.3. The van der Waals surface area contributed by atoms with Gasteiger partial charge in [-0.05, 0) is 25.1 Å². The van der Waals surface area contributed by atoms with Gasteiger partial charge in [-0.1, -0.05) is 12.1 Å². The molecule has 3 rings (SSSR count). The number of hydrogen-bond donors (Lipinski definition) is 3. The normalized spacial score (nSPS) is 10.5. The number of aromatic nitrogens is 2. The number of thiophene rings is 1. The van der Waals surface area contributed by atoms with Crippen LogP contribution in [0.2, 0.25) is 0 Å². The minimum atomic E-state index is -0.549. The van der Waals surface area contributed by atoms with E-state index in [0.29, 0.717) is 22.0 Å². The molecule has 2 amide bonds. The maximum atomic E-state index is 12.4. The summed E-state index contributed by atoms with van der Waals surface area (Å²) in [5, 5.41) is 4.41. The van der Waals surface area contributed by atoms with Crippen molar-refractivity contribution in [3.05, 3.63) is 58.0 Å². The zero-order chi connectivity index (χ0) is 16.4. The first-order valence-electron chi connectivity index (χ1n) is 6.85. The maximum absolute atomic E-state index is 12.4. The van der Waals surface area contributed by atoms with Crippen molar-refractivity contribution >= 4 is 28.8 Å². The Balaban J connectivity index is 1.88. The third-order valence-electron chi connectivity index (χ3n) is 3.24. The van der Waals surface area contributed by atoms with Crippen molar-refractivity contribution in [3.63, 3.8) is 0 Å². The number of amides is 2. The zero-order valence-corrected chi connectivity index (χ0v) is 13.1. The molecular formula is C16H14N4O2S. The standard InChI is InChI=1S/C16H14N4O2S/c1-9-7-18-15(19-9)11-4-2-3-5-12(11)20-16(22)13-6-10(8-23-13)14(17)21/h2-8H,1H3,(H2,17,21)(H,18,19)(H,20,22). The first-order chi connectivity index (χ1) is 11.0. The molecule has 23 heavy (non-hydrogen) atoms. The summed E-state index contributed by atoms with van der Waals surface area (Å²) in [5.41, 5.74) is 7.90. The van der Waals surface area contributed by atoms with Crippen LogP contribution in [0.15, 0.2) is 41.9 Å². The van der Waals surface area contributed by atoms with Crippen LogP contribution in [-0.2, 0) is 0 Å². The van der Waals surface area contributed by atoms with Crippen LogP contribution in [0.5, 0.6) is 0 Å². The van der Waals surface area contributed by atoms with E-state index in [-0.39, 0.29) is 5.91 Å². The van der Waals surface area contributed by atoms with Gasteiger partial charge in [-0.3, -0.25) is 9.59 Å². The van der Waals surface area contributed by atoms with Crippen molar-refractivity contribution in [2.45, 2.75) is 6.92 Å². The summed E-state index contributed by atoms with van der Waals surface area (Å²) in [7, 11) is 0. The van der Waals surface area contributed by atoms with Gasteiger partial charge < -0.3 is 16.0 Å². The smallest absolute Gasteiger partial charge is 0.265 e. The topological polar surface area (TPSA) is 101 Å². The quantitative estimate of drug-likeness (QED) is 0.687. The predicted molar refractivity (Wildman–Crippen MR) is 89.6 cm³/mol. The van der Waals surface area contributed by atoms with E-state index < -0.39 is 5.91 Å². The second-order valence-electron chi connectivity index (χ2n) is 4.98. The van der Waals surface area contributed by atoms with Crippen molar-refractivity contribution in [1.29, 1.82) is 0 Å². The van der Waals surface area contributed by atoms with Gasteiger partial charge in [0.2, 0.25) is 5.91 Å². The van der Waals surface area contributed by atoms with Crippen molar-refractivity contribution < 1.29 is 9.59 Å². The van der Waals surface area contributed by atoms with Crippen LogP contribution in [0.4, 0.5) is 5.69 Å². The van der Waals surface area contributed by atoms with Crippen molar-refractivity contribution in [2.24, 2.45) is 5.73 Å². The predicted octanol–water partition coefficient (Wildman–Crippen LogP) is 2.80. The van der Waals surface area contributed by atoms with Gasteiger partial charge in [0, 0.05) is 22.8 Å². The monoisotopic (exact) mass is 326 g/mol. The van der Waals surface area contributed by atoms with E-state index in [2.05, 4.69) is 15.3 Å². The van der Waals surface area contributed by atoms with Crippen LogP contribution in [0.1, 0.15) is 25.7 Å². The van der Waals surface area contributed by atoms with Crippen LogP contribution in [0, 0.1) is 6.92 Å². The molecule has 3 aromatic rings. The van der Waals surface area contributed by atoms with Crippen LogP contribution >= 0.6 is 11.3 Å². The summed E-state index contributed by atoms with van der Waals surface area (Å²) in [6.07, 6.45) is 1.73. The van der Waals surface area contributed by atoms with Crippen molar-refractivity contribution in [1.82, 2.24) is 9.97 Å². The number of rotatable bonds is 4. The summed E-state index contributed by atoms with van der Waals surface area (Å²) in [6, 6.07) is 8.87. The number of nitrogens with zero attached hydrogens (tertiary/aromatic N) is 1. The Morgan fingerprint density at radius 1 is 1.30 bits per heavy atom. The number of para-hydroxylation sites is 1. The highest BCUT2D eigenvalue weighted by molar-refractivity contribution is 7.12. The molecule has 7 heteroatoms. The van der Waals surface area contributed by atoms with Gasteiger partial charge in [0.1, 0.15) is 5.82 Å². The Morgan fingerprint density at radius 3 is 2.74 bits per heavy atom. The molecule has 0 bridgehead atoms. The molecule has 0 radical (unpaired) electrons. The Morgan fingerprint density at radius 2 is 2.09 bits per heavy atom. The summed E-state index contributed by atoms with van der Waals surface area (Å²) in [5.74, 6) is -0.160. The summed E-state index contributed by atoms with van der Waals surface area (Å²) < 4.78 is 0. The Labute approximate surface area is 136 Å². The Bertz CT molecular complexity index is 882. The minimum absolute atomic E-state index is 0.293. The molecule has 0 fully saturated rings. The van der Waals surface area contributed by atoms with Gasteiger partial charge >= 0.3 is 0 Å². The lowest BCUT2D eigenvalue weighted by molar-refractivity contribution is 0.100. The fourth-order valence-corrected chi connectivity index (χ4v) is 2.91. The number of anilines is 1. The highest BCUT2D eigenvalue weighted by atomic mass is 32.1. The van der Waals surface area contributed by atoms with Gasteiger partial charge in [-0.25, -0.2) is 4.98 Å². The lowest BCUT2D eigenvalue weighted by Gasteiger charge is -2.08. The van der Waals surface area contributed by atoms with E-state index in [1.54, 1.807) is 17.6 Å². The second-order valence-corrected chi connectivity index (χ2v) is 5.89. The molecule has 0 aliphatic rings. The van der Waals surface area contributed by atoms with E-state index in [0.717, 1.165) is 11.3 Å². The van der Waals surface area contributed by atoms with Gasteiger partial charge in [0.15, 0.2) is 0 Å². The summed E-state index contributed by atoms with van der Waals surface area (Å²) in [6.45, 7) is 1.91. The Kier molecular flexibility index (Phi) is 3.94. The van der Waals surface area contributed by atoms with Crippen LogP contribution in [-0.4, -0.2) is 21.8 Å². The SMILES string of the molecule is Cc1cnc(-c2ccccc2NC(=O)c2cc(C(N)=O)cs2)[nH]1. The molecule has 0 saturated heterocycles. The molecule has 4 N–H and O–H groups in total. The molecule has 2 heterocycles. The zero-order valence-electron chi connectivity index (χ0n) is 12.3. The lowest BCUT2D eigenvalue weighted by Crippen LogP contribution is -2.12. The number of H-pyrrole nitrogens is 1. The second kappa shape index (κ2) is 6.05. The number of hydrogen-bond acceptors (Lipinski definition) is 4. The molecule has 1 aromatic carbocycles. The Hall–Kier alpha value is -2.93. The van der Waals surface area contributed by atoms with Crippen molar-refractivity contribution in [2.75, 3.05) is 5.32 Å². The molecular weight excluding hydrogens is 312 g/mol. The van der Waals surface area contributed by atoms with Gasteiger partial charge in [-0.2, -0.15) is 0 Å². The molecule has 0 unspecified atom stereocenters. The summed E-state index contributed by atoms with van der Waals surface area (Å²) >= 11 is 1.17. The van der Waals surface area contributed by atoms with Gasteiger partial charge in [0.05, 0.1) is 16.1 Å². The largest absolute Gasteiger partial charge is 0.366 e. The van der Waals surface area contributed by atoms with E-state index in [1.165, 1.54) is 17.4 Å². The average molecular weight is 326 g/mol. The highest BCUT2D eigenvalue weighted by Crippen LogP contribution is 2.26. The number of primary amides is 1. The molecule has 2 aromatic heterocycles. The highest BCUT2D eigenvalue weighted by Gasteiger charge is 2.14. The van der Waals surface area contributed by atoms with Gasteiger partial charge in [-0.15, -0.1) is 11.3 Å². The molecule has 0 aliphatic carbocycles. The van der Waals surface area contributed by atoms with Crippen LogP contribution in [0.25, 0.3) is 11.4 Å². The first-order valence-corrected chi connectivity index (χ1v) is 7.73. The van der Waals surface area contributed by atoms with E-state index in [9.17, 15) is 9.59 Å². The van der Waals surface area contributed by atoms with Crippen LogP contribution in [0.3, 0.4) is 0 Å². The molecule has 0 saturated carbocycles. The molecule has 116 valence electrons. The number of aryl methyl sites for hydroxylation is 1. The number of nitrogens with one attached hydrogen (secondary N) is 2. The first kappa shape index (κ1) is 15.0. The van der Waals surface area contributed by atoms with Crippen molar-refractivity contribution in [3.8, 4) is 11.4 Å². The molecule has 6 nitrogen and oxygen atoms in total. The number of carbonyl (C=O) groups is 2. The number of imidazole rings is 1. The maximum Gasteiger partial charge on any atom is 0.265 e. The third kappa shape index (κ3) is 3.14. The molecule has 0 aliphatic heterocycles. The number of aromatic amines is 1. The fourth-order valence-electron chi connectivity index (χ4n) is 2.12. The number of benzene rings is 1. The molecule has 0 atom stereocenters. The van der Waals surface area contributed by atoms with E-state index in [1.807, 2.05) is 25.1 Å². The average Bonchev–Trinajstić information content (AvgIpc) is 3.17. The van der Waals surface area contributed by atoms with Gasteiger partial charge in [0.25, 0.3) is 5.91 Å². The van der Waals surface area contributed by atoms with Crippen LogP contribution < -0.4 is 11.1 Å². The third-order valence-corrected chi connectivity index (χ3v) is 4.17. The lowest BCUT2D eigenvalue weighted by atomic mass is 10.1. The molecule has 0 spiro atoms. The number of carbonyl (C=O) groups excluding carboxylic acids is 2. The van der Waals surface area contributed by atoms with E-state index >= 15 is 0 Å². The number of nitrogens with two attached hydrogens (primary N) is 1. The minimum Gasteiger partial charge on any atom is -0.366 e. The van der Waals surface area contributed by atoms with E-state index in [4.69, 9.17) is 5.73 Å².